The van der Waals surface area contributed by atoms with Crippen LogP contribution >= 0.6 is 15.9 Å². The highest BCUT2D eigenvalue weighted by Gasteiger charge is 2.31. The second-order valence-electron chi connectivity index (χ2n) is 9.10. The summed E-state index contributed by atoms with van der Waals surface area (Å²) in [5.41, 5.74) is 2.89. The number of methoxy groups -OCH3 is 1. The van der Waals surface area contributed by atoms with Gasteiger partial charge >= 0.3 is 0 Å². The first-order chi connectivity index (χ1) is 18.4. The molecule has 2 unspecified atom stereocenters. The third kappa shape index (κ3) is 5.57. The summed E-state index contributed by atoms with van der Waals surface area (Å²) in [7, 11) is 1.50. The van der Waals surface area contributed by atoms with Gasteiger partial charge in [0.05, 0.1) is 11.0 Å². The molecule has 1 N–H and O–H groups in total. The number of pyridine rings is 1. The Morgan fingerprint density at radius 3 is 2.82 bits per heavy atom. The van der Waals surface area contributed by atoms with Crippen molar-refractivity contribution in [1.29, 1.82) is 0 Å². The zero-order valence-electron chi connectivity index (χ0n) is 21.1. The van der Waals surface area contributed by atoms with Gasteiger partial charge < -0.3 is 19.5 Å². The number of hydrogen-bond donors (Lipinski definition) is 1. The van der Waals surface area contributed by atoms with Crippen LogP contribution in [0.1, 0.15) is 59.1 Å². The molecule has 2 aromatic carbocycles. The molecule has 2 aromatic heterocycles. The molecule has 2 atom stereocenters. The van der Waals surface area contributed by atoms with Gasteiger partial charge in [-0.05, 0) is 68.7 Å². The number of nitrogens with zero attached hydrogens (tertiary/aromatic N) is 3. The van der Waals surface area contributed by atoms with Crippen LogP contribution in [0.4, 0.5) is 4.39 Å². The molecule has 4 aromatic rings. The maximum atomic E-state index is 14.7. The minimum atomic E-state index is -0.885. The van der Waals surface area contributed by atoms with E-state index in [0.29, 0.717) is 29.4 Å². The van der Waals surface area contributed by atoms with Crippen LogP contribution in [0.3, 0.4) is 0 Å². The lowest BCUT2D eigenvalue weighted by Crippen LogP contribution is -2.33. The van der Waals surface area contributed by atoms with Gasteiger partial charge in [-0.1, -0.05) is 28.1 Å². The van der Waals surface area contributed by atoms with Crippen LogP contribution in [-0.2, 0) is 9.47 Å². The molecule has 5 rings (SSSR count). The van der Waals surface area contributed by atoms with E-state index >= 15 is 0 Å². The molecule has 38 heavy (non-hydrogen) atoms. The smallest absolute Gasteiger partial charge is 0.270 e. The Hall–Kier alpha value is -3.34. The van der Waals surface area contributed by atoms with E-state index in [1.165, 1.54) is 25.3 Å². The molecule has 3 heterocycles. The van der Waals surface area contributed by atoms with Crippen LogP contribution in [0.15, 0.2) is 59.1 Å². The van der Waals surface area contributed by atoms with Crippen molar-refractivity contribution in [2.75, 3.05) is 20.5 Å². The average molecular weight is 583 g/mol. The highest BCUT2D eigenvalue weighted by atomic mass is 79.9. The van der Waals surface area contributed by atoms with Crippen molar-refractivity contribution in [3.63, 3.8) is 0 Å². The fourth-order valence-corrected chi connectivity index (χ4v) is 5.27. The first-order valence-electron chi connectivity index (χ1n) is 12.4. The summed E-state index contributed by atoms with van der Waals surface area (Å²) in [6.45, 7) is 2.38. The molecule has 10 heteroatoms. The van der Waals surface area contributed by atoms with Crippen molar-refractivity contribution in [1.82, 2.24) is 19.9 Å². The summed E-state index contributed by atoms with van der Waals surface area (Å²) < 4.78 is 34.5. The Labute approximate surface area is 228 Å². The van der Waals surface area contributed by atoms with Crippen molar-refractivity contribution in [3.8, 4) is 5.75 Å². The molecule has 8 nitrogen and oxygen atoms in total. The molecule has 198 valence electrons. The van der Waals surface area contributed by atoms with Gasteiger partial charge in [0.25, 0.3) is 5.91 Å². The van der Waals surface area contributed by atoms with Gasteiger partial charge in [0.2, 0.25) is 0 Å². The largest absolute Gasteiger partial charge is 0.467 e. The molecule has 1 fully saturated rings. The van der Waals surface area contributed by atoms with Gasteiger partial charge in [0, 0.05) is 29.4 Å². The summed E-state index contributed by atoms with van der Waals surface area (Å²) >= 11 is 3.44. The van der Waals surface area contributed by atoms with E-state index in [9.17, 15) is 9.18 Å². The standard InChI is InChI=1S/C28H28BrFN4O4/c1-17-13-18(29)14-22(31-17)28(35)33-26(20-15-19(30)10-11-24(20)38-16-36-2)27-32-21-7-3-4-8-23(21)34(27)25-9-5-6-12-37-25/h3-4,7-8,10-11,13-15,25-26H,5-6,9,12,16H2,1-2H3,(H,33,35). The SMILES string of the molecule is COCOc1ccc(F)cc1C(NC(=O)c1cc(Br)cc(C)n1)c1nc2ccccc2n1C1CCCCO1. The maximum Gasteiger partial charge on any atom is 0.270 e. The number of halogens is 2. The number of para-hydroxylation sites is 2. The fraction of sp³-hybridized carbons (Fsp3) is 0.321. The number of ether oxygens (including phenoxy) is 3. The van der Waals surface area contributed by atoms with E-state index in [2.05, 4.69) is 26.2 Å². The summed E-state index contributed by atoms with van der Waals surface area (Å²) in [6.07, 6.45) is 2.48. The molecule has 0 aliphatic carbocycles. The van der Waals surface area contributed by atoms with Crippen molar-refractivity contribution < 1.29 is 23.4 Å². The number of aromatic nitrogens is 3. The predicted molar refractivity (Wildman–Crippen MR) is 143 cm³/mol. The summed E-state index contributed by atoms with van der Waals surface area (Å²) in [6, 6.07) is 14.5. The number of carbonyl (C=O) groups is 1. The molecular weight excluding hydrogens is 555 g/mol. The lowest BCUT2D eigenvalue weighted by atomic mass is 10.0. The number of benzene rings is 2. The Morgan fingerprint density at radius 2 is 2.05 bits per heavy atom. The molecule has 0 radical (unpaired) electrons. The van der Waals surface area contributed by atoms with Crippen LogP contribution in [0.2, 0.25) is 0 Å². The van der Waals surface area contributed by atoms with Crippen molar-refractivity contribution in [2.45, 2.75) is 38.5 Å². The zero-order valence-corrected chi connectivity index (χ0v) is 22.7. The number of rotatable bonds is 8. The number of nitrogens with one attached hydrogen (secondary N) is 1. The number of hydrogen-bond acceptors (Lipinski definition) is 6. The first kappa shape index (κ1) is 26.3. The molecule has 1 amide bonds. The third-order valence-electron chi connectivity index (χ3n) is 6.37. The number of imidazole rings is 1. The Balaban J connectivity index is 1.68. The maximum absolute atomic E-state index is 14.7. The highest BCUT2D eigenvalue weighted by Crippen LogP contribution is 2.36. The third-order valence-corrected chi connectivity index (χ3v) is 6.82. The predicted octanol–water partition coefficient (Wildman–Crippen LogP) is 5.84. The molecule has 1 saturated heterocycles. The molecule has 0 spiro atoms. The Kier molecular flexibility index (Phi) is 8.01. The number of amides is 1. The van der Waals surface area contributed by atoms with Crippen LogP contribution < -0.4 is 10.1 Å². The average Bonchev–Trinajstić information content (AvgIpc) is 3.30. The Bertz CT molecular complexity index is 1430. The highest BCUT2D eigenvalue weighted by molar-refractivity contribution is 9.10. The first-order valence-corrected chi connectivity index (χ1v) is 13.2. The van der Waals surface area contributed by atoms with Crippen LogP contribution in [0.5, 0.6) is 5.75 Å². The molecular formula is C28H28BrFN4O4. The van der Waals surface area contributed by atoms with Gasteiger partial charge in [0.15, 0.2) is 6.79 Å². The lowest BCUT2D eigenvalue weighted by molar-refractivity contribution is -0.0315. The van der Waals surface area contributed by atoms with E-state index in [1.54, 1.807) is 6.07 Å². The van der Waals surface area contributed by atoms with Gasteiger partial charge in [-0.25, -0.2) is 14.4 Å². The van der Waals surface area contributed by atoms with E-state index in [1.807, 2.05) is 41.8 Å². The minimum absolute atomic E-state index is 0.0478. The van der Waals surface area contributed by atoms with Gasteiger partial charge in [-0.15, -0.1) is 0 Å². The molecule has 1 aliphatic heterocycles. The normalized spacial score (nSPS) is 16.4. The molecule has 0 saturated carbocycles. The topological polar surface area (TPSA) is 87.5 Å². The van der Waals surface area contributed by atoms with Crippen LogP contribution in [0.25, 0.3) is 11.0 Å². The van der Waals surface area contributed by atoms with E-state index in [-0.39, 0.29) is 18.7 Å². The summed E-state index contributed by atoms with van der Waals surface area (Å²) in [4.78, 5) is 22.9. The zero-order chi connectivity index (χ0) is 26.6. The monoisotopic (exact) mass is 582 g/mol. The summed E-state index contributed by atoms with van der Waals surface area (Å²) in [5.74, 6) is -0.0484. The lowest BCUT2D eigenvalue weighted by Gasteiger charge is -2.29. The van der Waals surface area contributed by atoms with Crippen molar-refractivity contribution in [3.05, 3.63) is 87.7 Å². The second-order valence-corrected chi connectivity index (χ2v) is 10.0. The number of carbonyl (C=O) groups excluding carboxylic acids is 1. The molecule has 1 aliphatic rings. The molecule has 0 bridgehead atoms. The van der Waals surface area contributed by atoms with Gasteiger partial charge in [-0.3, -0.25) is 9.36 Å². The Morgan fingerprint density at radius 1 is 1.21 bits per heavy atom. The van der Waals surface area contributed by atoms with Crippen molar-refractivity contribution >= 4 is 32.9 Å². The second kappa shape index (κ2) is 11.6. The van der Waals surface area contributed by atoms with E-state index in [4.69, 9.17) is 19.2 Å². The van der Waals surface area contributed by atoms with Crippen molar-refractivity contribution in [2.24, 2.45) is 0 Å². The summed E-state index contributed by atoms with van der Waals surface area (Å²) in [5, 5.41) is 3.06. The van der Waals surface area contributed by atoms with Crippen LogP contribution in [0, 0.1) is 12.7 Å². The number of aryl methyl sites for hydroxylation is 1. The van der Waals surface area contributed by atoms with Gasteiger partial charge in [0.1, 0.15) is 35.4 Å². The van der Waals surface area contributed by atoms with E-state index in [0.717, 1.165) is 34.8 Å². The van der Waals surface area contributed by atoms with Gasteiger partial charge in [-0.2, -0.15) is 0 Å². The fourth-order valence-electron chi connectivity index (χ4n) is 4.72. The minimum Gasteiger partial charge on any atom is -0.467 e. The van der Waals surface area contributed by atoms with Crippen LogP contribution in [-0.4, -0.2) is 41.0 Å². The number of fused-ring (bicyclic) bond motifs is 1. The van der Waals surface area contributed by atoms with E-state index < -0.39 is 17.8 Å². The quantitative estimate of drug-likeness (QED) is 0.262.